The van der Waals surface area contributed by atoms with Gasteiger partial charge in [0.2, 0.25) is 0 Å². The van der Waals surface area contributed by atoms with Crippen molar-refractivity contribution in [2.75, 3.05) is 5.73 Å². The summed E-state index contributed by atoms with van der Waals surface area (Å²) in [6.45, 7) is 0. The first-order chi connectivity index (χ1) is 8.18. The lowest BCUT2D eigenvalue weighted by atomic mass is 10.2. The number of hydrogen-bond acceptors (Lipinski definition) is 2. The lowest BCUT2D eigenvalue weighted by molar-refractivity contribution is 0.618. The molecule has 0 aliphatic rings. The molecule has 2 aromatic rings. The first-order valence-electron chi connectivity index (χ1n) is 5.08. The van der Waals surface area contributed by atoms with Crippen LogP contribution in [0.25, 0.3) is 0 Å². The quantitative estimate of drug-likeness (QED) is 0.669. The van der Waals surface area contributed by atoms with Crippen molar-refractivity contribution in [3.63, 3.8) is 0 Å². The van der Waals surface area contributed by atoms with E-state index in [1.54, 1.807) is 23.9 Å². The van der Waals surface area contributed by atoms with Crippen molar-refractivity contribution >= 4 is 33.4 Å². The highest BCUT2D eigenvalue weighted by Crippen LogP contribution is 2.31. The molecule has 88 valence electrons. The predicted molar refractivity (Wildman–Crippen MR) is 74.5 cm³/mol. The van der Waals surface area contributed by atoms with Crippen molar-refractivity contribution in [1.82, 2.24) is 0 Å². The molecule has 0 unspecified atom stereocenters. The van der Waals surface area contributed by atoms with Crippen molar-refractivity contribution < 1.29 is 4.39 Å². The Morgan fingerprint density at radius 1 is 1.12 bits per heavy atom. The molecule has 1 nitrogen and oxygen atoms in total. The van der Waals surface area contributed by atoms with Crippen LogP contribution >= 0.6 is 27.7 Å². The molecule has 0 aromatic heterocycles. The number of halogens is 2. The molecule has 2 aromatic carbocycles. The van der Waals surface area contributed by atoms with Gasteiger partial charge < -0.3 is 5.73 Å². The van der Waals surface area contributed by atoms with Gasteiger partial charge in [-0.1, -0.05) is 18.2 Å². The van der Waals surface area contributed by atoms with E-state index in [1.165, 1.54) is 6.07 Å². The van der Waals surface area contributed by atoms with Gasteiger partial charge in [-0.3, -0.25) is 0 Å². The number of benzene rings is 2. The Balaban J connectivity index is 2.16. The number of hydrogen-bond donors (Lipinski definition) is 1. The van der Waals surface area contributed by atoms with Gasteiger partial charge in [0.15, 0.2) is 0 Å². The van der Waals surface area contributed by atoms with Crippen LogP contribution < -0.4 is 5.73 Å². The second kappa shape index (κ2) is 5.56. The highest BCUT2D eigenvalue weighted by Gasteiger charge is 2.07. The molecule has 0 bridgehead atoms. The monoisotopic (exact) mass is 311 g/mol. The molecule has 2 rings (SSSR count). The van der Waals surface area contributed by atoms with Crippen LogP contribution in [0.2, 0.25) is 0 Å². The van der Waals surface area contributed by atoms with Crippen molar-refractivity contribution in [1.29, 1.82) is 0 Å². The highest BCUT2D eigenvalue weighted by atomic mass is 79.9. The maximum atomic E-state index is 13.5. The Bertz CT molecular complexity index is 510. The van der Waals surface area contributed by atoms with Gasteiger partial charge in [0.25, 0.3) is 0 Å². The first kappa shape index (κ1) is 12.5. The Morgan fingerprint density at radius 3 is 2.59 bits per heavy atom. The molecule has 0 aliphatic heterocycles. The molecule has 0 fully saturated rings. The Kier molecular flexibility index (Phi) is 4.07. The van der Waals surface area contributed by atoms with Gasteiger partial charge in [-0.05, 0) is 40.2 Å². The standard InChI is InChI=1S/C13H11BrFNS/c14-10-4-1-2-7-13(10)17-8-9-11(15)5-3-6-12(9)16/h1-7H,8,16H2. The molecule has 0 saturated carbocycles. The zero-order valence-corrected chi connectivity index (χ0v) is 11.4. The number of nitrogens with two attached hydrogens (primary N) is 1. The van der Waals surface area contributed by atoms with E-state index in [2.05, 4.69) is 15.9 Å². The van der Waals surface area contributed by atoms with Gasteiger partial charge in [0.05, 0.1) is 0 Å². The molecule has 0 saturated heterocycles. The second-order valence-electron chi connectivity index (χ2n) is 3.53. The summed E-state index contributed by atoms with van der Waals surface area (Å²) in [7, 11) is 0. The molecule has 0 amide bonds. The van der Waals surface area contributed by atoms with Crippen molar-refractivity contribution in [3.05, 3.63) is 58.3 Å². The van der Waals surface area contributed by atoms with E-state index in [1.807, 2.05) is 24.3 Å². The third-order valence-electron chi connectivity index (χ3n) is 2.36. The normalized spacial score (nSPS) is 10.5. The molecular weight excluding hydrogens is 301 g/mol. The average Bonchev–Trinajstić information content (AvgIpc) is 2.30. The smallest absolute Gasteiger partial charge is 0.129 e. The van der Waals surface area contributed by atoms with E-state index in [9.17, 15) is 4.39 Å². The molecule has 0 spiro atoms. The largest absolute Gasteiger partial charge is 0.398 e. The van der Waals surface area contributed by atoms with Crippen LogP contribution in [0.15, 0.2) is 51.8 Å². The first-order valence-corrected chi connectivity index (χ1v) is 6.86. The van der Waals surface area contributed by atoms with Crippen molar-refractivity contribution in [2.24, 2.45) is 0 Å². The summed E-state index contributed by atoms with van der Waals surface area (Å²) >= 11 is 5.02. The minimum absolute atomic E-state index is 0.246. The van der Waals surface area contributed by atoms with Gasteiger partial charge in [0.1, 0.15) is 5.82 Å². The minimum atomic E-state index is -0.246. The third-order valence-corrected chi connectivity index (χ3v) is 4.42. The Morgan fingerprint density at radius 2 is 1.88 bits per heavy atom. The summed E-state index contributed by atoms with van der Waals surface area (Å²) in [4.78, 5) is 1.08. The number of thioether (sulfide) groups is 1. The molecular formula is C13H11BrFNS. The lowest BCUT2D eigenvalue weighted by Gasteiger charge is -2.07. The van der Waals surface area contributed by atoms with Crippen molar-refractivity contribution in [2.45, 2.75) is 10.6 Å². The summed E-state index contributed by atoms with van der Waals surface area (Å²) in [5.74, 6) is 0.283. The lowest BCUT2D eigenvalue weighted by Crippen LogP contribution is -1.96. The predicted octanol–water partition coefficient (Wildman–Crippen LogP) is 4.46. The van der Waals surface area contributed by atoms with Gasteiger partial charge >= 0.3 is 0 Å². The Labute approximate surface area is 112 Å². The van der Waals surface area contributed by atoms with E-state index < -0.39 is 0 Å². The molecule has 0 aliphatic carbocycles. The SMILES string of the molecule is Nc1cccc(F)c1CSc1ccccc1Br. The second-order valence-corrected chi connectivity index (χ2v) is 5.40. The topological polar surface area (TPSA) is 26.0 Å². The van der Waals surface area contributed by atoms with E-state index in [4.69, 9.17) is 5.73 Å². The Hall–Kier alpha value is -1.00. The summed E-state index contributed by atoms with van der Waals surface area (Å²) in [6.07, 6.45) is 0. The molecule has 0 atom stereocenters. The van der Waals surface area contributed by atoms with Gasteiger partial charge in [-0.25, -0.2) is 4.39 Å². The number of rotatable bonds is 3. The van der Waals surface area contributed by atoms with Crippen LogP contribution in [0.4, 0.5) is 10.1 Å². The third kappa shape index (κ3) is 3.01. The summed E-state index contributed by atoms with van der Waals surface area (Å²) in [5, 5.41) is 0. The van der Waals surface area contributed by atoms with E-state index in [0.717, 1.165) is 9.37 Å². The maximum absolute atomic E-state index is 13.5. The van der Waals surface area contributed by atoms with Gasteiger partial charge in [0, 0.05) is 26.4 Å². The van der Waals surface area contributed by atoms with E-state index >= 15 is 0 Å². The van der Waals surface area contributed by atoms with Crippen LogP contribution in [0.1, 0.15) is 5.56 Å². The summed E-state index contributed by atoms with van der Waals surface area (Å²) in [5.41, 5.74) is 6.83. The molecule has 0 heterocycles. The van der Waals surface area contributed by atoms with Crippen molar-refractivity contribution in [3.8, 4) is 0 Å². The van der Waals surface area contributed by atoms with E-state index in [-0.39, 0.29) is 5.82 Å². The fourth-order valence-electron chi connectivity index (χ4n) is 1.44. The zero-order valence-electron chi connectivity index (χ0n) is 8.99. The van der Waals surface area contributed by atoms with Crippen LogP contribution in [0.3, 0.4) is 0 Å². The fraction of sp³-hybridized carbons (Fsp3) is 0.0769. The molecule has 0 radical (unpaired) electrons. The van der Waals surface area contributed by atoms with Gasteiger partial charge in [-0.2, -0.15) is 0 Å². The number of nitrogen functional groups attached to an aromatic ring is 1. The fourth-order valence-corrected chi connectivity index (χ4v) is 3.05. The average molecular weight is 312 g/mol. The molecule has 17 heavy (non-hydrogen) atoms. The zero-order chi connectivity index (χ0) is 12.3. The van der Waals surface area contributed by atoms with Crippen LogP contribution in [0, 0.1) is 5.82 Å². The summed E-state index contributed by atoms with van der Waals surface area (Å²) < 4.78 is 14.6. The van der Waals surface area contributed by atoms with Crippen LogP contribution in [-0.2, 0) is 5.75 Å². The minimum Gasteiger partial charge on any atom is -0.398 e. The van der Waals surface area contributed by atoms with E-state index in [0.29, 0.717) is 17.0 Å². The molecule has 4 heteroatoms. The highest BCUT2D eigenvalue weighted by molar-refractivity contribution is 9.10. The maximum Gasteiger partial charge on any atom is 0.129 e. The summed E-state index contributed by atoms with van der Waals surface area (Å²) in [6, 6.07) is 12.6. The van der Waals surface area contributed by atoms with Crippen LogP contribution in [-0.4, -0.2) is 0 Å². The van der Waals surface area contributed by atoms with Gasteiger partial charge in [-0.15, -0.1) is 11.8 Å². The molecule has 2 N–H and O–H groups in total. The number of anilines is 1. The van der Waals surface area contributed by atoms with Crippen LogP contribution in [0.5, 0.6) is 0 Å².